The number of ether oxygens (including phenoxy) is 1. The predicted molar refractivity (Wildman–Crippen MR) is 101 cm³/mol. The molecular formula is C21H24F2N2O3. The summed E-state index contributed by atoms with van der Waals surface area (Å²) in [6, 6.07) is 12.7. The molecule has 0 aliphatic carbocycles. The quantitative estimate of drug-likeness (QED) is 0.809. The monoisotopic (exact) mass is 390 g/mol. The number of carboxylic acids is 1. The summed E-state index contributed by atoms with van der Waals surface area (Å²) in [7, 11) is 0. The number of halogens is 2. The maximum Gasteiger partial charge on any atom is 0.323 e. The van der Waals surface area contributed by atoms with Gasteiger partial charge >= 0.3 is 5.97 Å². The lowest BCUT2D eigenvalue weighted by molar-refractivity contribution is -0.155. The van der Waals surface area contributed by atoms with Crippen LogP contribution < -0.4 is 4.74 Å². The van der Waals surface area contributed by atoms with Crippen LogP contribution >= 0.6 is 0 Å². The van der Waals surface area contributed by atoms with Crippen molar-refractivity contribution < 1.29 is 23.4 Å². The second kappa shape index (κ2) is 7.83. The van der Waals surface area contributed by atoms with Gasteiger partial charge < -0.3 is 9.84 Å². The van der Waals surface area contributed by atoms with Gasteiger partial charge in [-0.15, -0.1) is 0 Å². The average Bonchev–Trinajstić information content (AvgIpc) is 2.67. The number of carboxylic acid groups (broad SMARTS) is 1. The second-order valence-electron chi connectivity index (χ2n) is 7.58. The summed E-state index contributed by atoms with van der Waals surface area (Å²) in [6.07, 6.45) is 1.01. The van der Waals surface area contributed by atoms with Crippen molar-refractivity contribution in [1.82, 2.24) is 9.88 Å². The summed E-state index contributed by atoms with van der Waals surface area (Å²) in [4.78, 5) is 17.3. The molecule has 5 nitrogen and oxygen atoms in total. The van der Waals surface area contributed by atoms with E-state index in [1.165, 1.54) is 20.0 Å². The molecule has 0 spiro atoms. The molecule has 1 aromatic heterocycles. The summed E-state index contributed by atoms with van der Waals surface area (Å²) in [5.74, 6) is -4.71. The molecule has 1 aliphatic heterocycles. The van der Waals surface area contributed by atoms with Gasteiger partial charge in [-0.3, -0.25) is 9.69 Å². The number of aliphatic carboxylic acids is 1. The van der Waals surface area contributed by atoms with Crippen molar-refractivity contribution in [2.24, 2.45) is 0 Å². The molecule has 1 saturated heterocycles. The van der Waals surface area contributed by atoms with E-state index < -0.39 is 23.3 Å². The van der Waals surface area contributed by atoms with Crippen LogP contribution in [0.25, 0.3) is 0 Å². The Morgan fingerprint density at radius 2 is 2.00 bits per heavy atom. The first-order chi connectivity index (χ1) is 13.2. The minimum atomic E-state index is -2.92. The van der Waals surface area contributed by atoms with E-state index in [1.807, 2.05) is 30.3 Å². The number of carbonyl (C=O) groups is 1. The Morgan fingerprint density at radius 3 is 2.61 bits per heavy atom. The SMILES string of the molecule is CC(C)(C(=O)O)N1CCC(F)(F)[C@@H](c2ccc(OCc3ccccc3)nc2)C1. The first-order valence-corrected chi connectivity index (χ1v) is 9.19. The third kappa shape index (κ3) is 4.30. The number of aromatic nitrogens is 1. The van der Waals surface area contributed by atoms with Crippen LogP contribution in [0, 0.1) is 0 Å². The summed E-state index contributed by atoms with van der Waals surface area (Å²) in [5, 5.41) is 9.41. The van der Waals surface area contributed by atoms with Gasteiger partial charge in [0.1, 0.15) is 12.1 Å². The molecule has 1 aliphatic rings. The highest BCUT2D eigenvalue weighted by Crippen LogP contribution is 2.42. The summed E-state index contributed by atoms with van der Waals surface area (Å²) in [5.41, 5.74) is 0.155. The molecule has 1 N–H and O–H groups in total. The second-order valence-corrected chi connectivity index (χ2v) is 7.58. The Bertz CT molecular complexity index is 810. The van der Waals surface area contributed by atoms with Crippen LogP contribution in [0.5, 0.6) is 5.88 Å². The maximum absolute atomic E-state index is 14.6. The number of nitrogens with zero attached hydrogens (tertiary/aromatic N) is 2. The van der Waals surface area contributed by atoms with Crippen LogP contribution in [0.4, 0.5) is 8.78 Å². The Balaban J connectivity index is 1.72. The van der Waals surface area contributed by atoms with Gasteiger partial charge in [-0.05, 0) is 25.0 Å². The van der Waals surface area contributed by atoms with Crippen LogP contribution in [0.3, 0.4) is 0 Å². The highest BCUT2D eigenvalue weighted by molar-refractivity contribution is 5.77. The number of rotatable bonds is 6. The van der Waals surface area contributed by atoms with Gasteiger partial charge in [0.15, 0.2) is 0 Å². The van der Waals surface area contributed by atoms with Gasteiger partial charge in [0, 0.05) is 31.8 Å². The molecule has 0 radical (unpaired) electrons. The number of likely N-dealkylation sites (tertiary alicyclic amines) is 1. The Morgan fingerprint density at radius 1 is 1.29 bits per heavy atom. The molecule has 2 heterocycles. The Labute approximate surface area is 163 Å². The van der Waals surface area contributed by atoms with E-state index in [9.17, 15) is 18.7 Å². The van der Waals surface area contributed by atoms with Gasteiger partial charge in [0.25, 0.3) is 5.92 Å². The molecule has 7 heteroatoms. The van der Waals surface area contributed by atoms with Crippen molar-refractivity contribution >= 4 is 5.97 Å². The fraction of sp³-hybridized carbons (Fsp3) is 0.429. The average molecular weight is 390 g/mol. The number of pyridine rings is 1. The lowest BCUT2D eigenvalue weighted by Gasteiger charge is -2.44. The van der Waals surface area contributed by atoms with Crippen LogP contribution in [0.2, 0.25) is 0 Å². The van der Waals surface area contributed by atoms with Crippen molar-refractivity contribution in [2.75, 3.05) is 13.1 Å². The van der Waals surface area contributed by atoms with E-state index in [-0.39, 0.29) is 19.5 Å². The van der Waals surface area contributed by atoms with Crippen molar-refractivity contribution in [3.05, 3.63) is 59.8 Å². The standard InChI is InChI=1S/C21H24F2N2O3/c1-20(2,19(26)27)25-11-10-21(22,23)17(13-25)16-8-9-18(24-12-16)28-14-15-6-4-3-5-7-15/h3-9,12,17H,10-11,13-14H2,1-2H3,(H,26,27)/t17-/m1/s1. The molecule has 0 amide bonds. The normalized spacial score (nSPS) is 19.9. The van der Waals surface area contributed by atoms with Gasteiger partial charge in [0.2, 0.25) is 5.88 Å². The topological polar surface area (TPSA) is 62.7 Å². The van der Waals surface area contributed by atoms with Gasteiger partial charge in [0.05, 0.1) is 5.92 Å². The third-order valence-corrected chi connectivity index (χ3v) is 5.33. The predicted octanol–water partition coefficient (Wildman–Crippen LogP) is 3.95. The Hall–Kier alpha value is -2.54. The number of hydrogen-bond donors (Lipinski definition) is 1. The molecule has 0 bridgehead atoms. The number of piperidine rings is 1. The molecule has 2 aromatic rings. The number of benzene rings is 1. The summed E-state index contributed by atoms with van der Waals surface area (Å²) < 4.78 is 34.7. The van der Waals surface area contributed by atoms with Crippen molar-refractivity contribution in [3.63, 3.8) is 0 Å². The smallest absolute Gasteiger partial charge is 0.323 e. The molecule has 1 aromatic carbocycles. The summed E-state index contributed by atoms with van der Waals surface area (Å²) in [6.45, 7) is 3.41. The molecule has 1 atom stereocenters. The summed E-state index contributed by atoms with van der Waals surface area (Å²) >= 11 is 0. The molecule has 3 rings (SSSR count). The fourth-order valence-corrected chi connectivity index (χ4v) is 3.31. The van der Waals surface area contributed by atoms with E-state index in [0.29, 0.717) is 18.1 Å². The van der Waals surface area contributed by atoms with E-state index in [2.05, 4.69) is 4.98 Å². The van der Waals surface area contributed by atoms with Crippen molar-refractivity contribution in [3.8, 4) is 5.88 Å². The van der Waals surface area contributed by atoms with Gasteiger partial charge in [-0.1, -0.05) is 36.4 Å². The van der Waals surface area contributed by atoms with E-state index in [0.717, 1.165) is 5.56 Å². The number of alkyl halides is 2. The van der Waals surface area contributed by atoms with Crippen LogP contribution in [-0.2, 0) is 11.4 Å². The molecule has 0 saturated carbocycles. The highest BCUT2D eigenvalue weighted by Gasteiger charge is 2.49. The van der Waals surface area contributed by atoms with Crippen molar-refractivity contribution in [1.29, 1.82) is 0 Å². The lowest BCUT2D eigenvalue weighted by Crippen LogP contribution is -2.57. The van der Waals surface area contributed by atoms with Crippen LogP contribution in [0.1, 0.15) is 37.3 Å². The highest BCUT2D eigenvalue weighted by atomic mass is 19.3. The third-order valence-electron chi connectivity index (χ3n) is 5.33. The number of hydrogen-bond acceptors (Lipinski definition) is 4. The maximum atomic E-state index is 14.6. The van der Waals surface area contributed by atoms with Crippen LogP contribution in [0.15, 0.2) is 48.7 Å². The zero-order valence-corrected chi connectivity index (χ0v) is 15.9. The molecule has 1 fully saturated rings. The van der Waals surface area contributed by atoms with Gasteiger partial charge in [-0.25, -0.2) is 13.8 Å². The lowest BCUT2D eigenvalue weighted by atomic mass is 9.85. The van der Waals surface area contributed by atoms with Gasteiger partial charge in [-0.2, -0.15) is 0 Å². The van der Waals surface area contributed by atoms with Crippen molar-refractivity contribution in [2.45, 2.75) is 44.3 Å². The largest absolute Gasteiger partial charge is 0.480 e. The first-order valence-electron chi connectivity index (χ1n) is 9.19. The first kappa shape index (κ1) is 20.2. The zero-order valence-electron chi connectivity index (χ0n) is 15.9. The van der Waals surface area contributed by atoms with E-state index in [4.69, 9.17) is 4.74 Å². The van der Waals surface area contributed by atoms with E-state index >= 15 is 0 Å². The minimum absolute atomic E-state index is 0.0362. The molecule has 0 unspecified atom stereocenters. The molecule has 28 heavy (non-hydrogen) atoms. The molecule has 150 valence electrons. The fourth-order valence-electron chi connectivity index (χ4n) is 3.31. The van der Waals surface area contributed by atoms with E-state index in [1.54, 1.807) is 17.0 Å². The molecular weight excluding hydrogens is 366 g/mol. The Kier molecular flexibility index (Phi) is 5.65. The minimum Gasteiger partial charge on any atom is -0.480 e. The van der Waals surface area contributed by atoms with Crippen LogP contribution in [-0.4, -0.2) is 45.5 Å². The zero-order chi connectivity index (χ0) is 20.4.